The van der Waals surface area contributed by atoms with Crippen LogP contribution >= 0.6 is 23.2 Å². The second kappa shape index (κ2) is 20.5. The highest BCUT2D eigenvalue weighted by atomic mass is 35.5. The molecular weight excluding hydrogens is 801 g/mol. The van der Waals surface area contributed by atoms with Gasteiger partial charge in [0.1, 0.15) is 11.8 Å². The van der Waals surface area contributed by atoms with Gasteiger partial charge in [0, 0.05) is 67.3 Å². The number of anilines is 4. The molecule has 0 unspecified atom stereocenters. The van der Waals surface area contributed by atoms with Crippen molar-refractivity contribution in [1.29, 1.82) is 0 Å². The number of benzene rings is 4. The number of ketones is 4. The molecule has 2 aliphatic carbocycles. The molecule has 0 heterocycles. The Morgan fingerprint density at radius 2 is 0.644 bits per heavy atom. The number of nitrogens with one attached hydrogen (secondary N) is 5. The summed E-state index contributed by atoms with van der Waals surface area (Å²) in [6, 6.07) is 18.3. The molecule has 0 saturated heterocycles. The van der Waals surface area contributed by atoms with E-state index in [0.717, 1.165) is 0 Å². The number of fused-ring (bicyclic) bond motifs is 4. The largest absolute Gasteiger partial charge is 0.325 e. The topological polar surface area (TPSA) is 203 Å². The monoisotopic (exact) mass is 843 g/mol. The first-order chi connectivity index (χ1) is 28.0. The minimum Gasteiger partial charge on any atom is -0.325 e. The Morgan fingerprint density at radius 1 is 0.424 bits per heavy atom. The number of hydrogen-bond donors (Lipinski definition) is 5. The third kappa shape index (κ3) is 11.5. The lowest BCUT2D eigenvalue weighted by atomic mass is 9.83. The molecule has 0 spiro atoms. The Bertz CT molecular complexity index is 2190. The second-order valence-electron chi connectivity index (χ2n) is 13.8. The van der Waals surface area contributed by atoms with Gasteiger partial charge in [0.2, 0.25) is 23.6 Å². The summed E-state index contributed by atoms with van der Waals surface area (Å²) in [6.07, 6.45) is 0. The van der Waals surface area contributed by atoms with E-state index in [1.54, 1.807) is 62.3 Å². The maximum Gasteiger partial charge on any atom is 0.239 e. The van der Waals surface area contributed by atoms with Crippen LogP contribution in [0.15, 0.2) is 72.8 Å². The number of rotatable bonds is 10. The van der Waals surface area contributed by atoms with Crippen molar-refractivity contribution >= 4 is 92.7 Å². The number of carbonyl (C=O) groups excluding carboxylic acids is 8. The predicted octanol–water partition coefficient (Wildman–Crippen LogP) is 4.11. The molecule has 15 nitrogen and oxygen atoms in total. The number of amides is 4. The zero-order valence-corrected chi connectivity index (χ0v) is 34.7. The number of nitrogens with zero attached hydrogens (tertiary/aromatic N) is 2. The lowest BCUT2D eigenvalue weighted by Crippen LogP contribution is -2.28. The van der Waals surface area contributed by atoms with E-state index in [1.165, 1.54) is 48.5 Å². The molecule has 4 amide bonds. The summed E-state index contributed by atoms with van der Waals surface area (Å²) in [5, 5.41) is 13.3. The summed E-state index contributed by atoms with van der Waals surface area (Å²) < 4.78 is 0. The van der Waals surface area contributed by atoms with Crippen LogP contribution in [0.25, 0.3) is 0 Å². The normalized spacial score (nSPS) is 12.1. The van der Waals surface area contributed by atoms with Gasteiger partial charge in [-0.25, -0.2) is 0 Å². The fourth-order valence-electron chi connectivity index (χ4n) is 5.98. The third-order valence-corrected chi connectivity index (χ3v) is 8.82. The van der Waals surface area contributed by atoms with Crippen LogP contribution in [-0.4, -0.2) is 124 Å². The SMILES string of the molecule is CN(C)CC(=O)Nc1ccc2c(c1)C(=O)c1cc(NC(=O)CN(C)C)ccc1C2=O.CNC.O=C(CCl)Nc1ccc2c(c1)C(=O)c1cc(NC(=O)CCl)ccc1C2=O. The van der Waals surface area contributed by atoms with Crippen LogP contribution in [0.4, 0.5) is 22.7 Å². The molecule has 4 aromatic rings. The predicted molar refractivity (Wildman–Crippen MR) is 228 cm³/mol. The van der Waals surface area contributed by atoms with E-state index in [2.05, 4.69) is 26.6 Å². The van der Waals surface area contributed by atoms with Crippen LogP contribution < -0.4 is 26.6 Å². The zero-order chi connectivity index (χ0) is 43.6. The Balaban J connectivity index is 0.000000246. The number of carbonyl (C=O) groups is 8. The minimum atomic E-state index is -0.423. The van der Waals surface area contributed by atoms with Gasteiger partial charge in [-0.1, -0.05) is 0 Å². The van der Waals surface area contributed by atoms with Crippen LogP contribution in [0.1, 0.15) is 63.7 Å². The maximum absolute atomic E-state index is 13.1. The highest BCUT2D eigenvalue weighted by molar-refractivity contribution is 6.31. The second-order valence-corrected chi connectivity index (χ2v) is 14.3. The number of hydrogen-bond acceptors (Lipinski definition) is 11. The summed E-state index contributed by atoms with van der Waals surface area (Å²) in [5.41, 5.74) is 3.53. The van der Waals surface area contributed by atoms with E-state index in [0.29, 0.717) is 33.9 Å². The first-order valence-electron chi connectivity index (χ1n) is 18.0. The van der Waals surface area contributed by atoms with Gasteiger partial charge in [-0.2, -0.15) is 0 Å². The summed E-state index contributed by atoms with van der Waals surface area (Å²) in [4.78, 5) is 102. The minimum absolute atomic E-state index is 0.177. The molecule has 59 heavy (non-hydrogen) atoms. The van der Waals surface area contributed by atoms with E-state index in [9.17, 15) is 38.4 Å². The zero-order valence-electron chi connectivity index (χ0n) is 33.2. The van der Waals surface area contributed by atoms with Gasteiger partial charge in [-0.15, -0.1) is 23.2 Å². The van der Waals surface area contributed by atoms with Crippen LogP contribution in [0.3, 0.4) is 0 Å². The van der Waals surface area contributed by atoms with Crippen molar-refractivity contribution in [2.45, 2.75) is 0 Å². The lowest BCUT2D eigenvalue weighted by Gasteiger charge is -2.20. The standard InChI is InChI=1S/C22H24N4O4.C18H12Cl2N2O4.C2H7N/c1-25(2)11-19(27)23-13-5-7-15-17(9-13)22(30)18-10-14(6-8-16(18)21(15)29)24-20(28)12-26(3)4;19-7-15(23)21-9-1-3-11-13(5-9)18(26)14-6-10(22-16(24)8-20)2-4-12(14)17(11)25;1-3-2/h5-10H,11-12H2,1-4H3,(H,23,27)(H,24,28);1-6H,7-8H2,(H,21,23)(H,22,24);3H,1-2H3. The molecule has 0 fully saturated rings. The molecule has 17 heteroatoms. The fourth-order valence-corrected chi connectivity index (χ4v) is 6.11. The Labute approximate surface area is 350 Å². The fraction of sp³-hybridized carbons (Fsp3) is 0.238. The quantitative estimate of drug-likeness (QED) is 0.124. The molecule has 0 saturated carbocycles. The van der Waals surface area contributed by atoms with Crippen molar-refractivity contribution in [2.75, 3.05) is 88.4 Å². The van der Waals surface area contributed by atoms with Crippen molar-refractivity contribution < 1.29 is 38.4 Å². The van der Waals surface area contributed by atoms with Crippen LogP contribution in [0.5, 0.6) is 0 Å². The van der Waals surface area contributed by atoms with E-state index in [1.807, 2.05) is 14.1 Å². The molecule has 0 radical (unpaired) electrons. The van der Waals surface area contributed by atoms with Crippen LogP contribution in [-0.2, 0) is 19.2 Å². The van der Waals surface area contributed by atoms with Gasteiger partial charge < -0.3 is 36.4 Å². The van der Waals surface area contributed by atoms with Crippen LogP contribution in [0, 0.1) is 0 Å². The molecule has 0 atom stereocenters. The third-order valence-electron chi connectivity index (χ3n) is 8.33. The smallest absolute Gasteiger partial charge is 0.239 e. The number of halogens is 2. The van der Waals surface area contributed by atoms with E-state index in [-0.39, 0.29) is 93.2 Å². The van der Waals surface area contributed by atoms with Gasteiger partial charge in [0.25, 0.3) is 0 Å². The molecule has 2 aliphatic rings. The molecule has 0 aromatic heterocycles. The first kappa shape index (κ1) is 45.6. The summed E-state index contributed by atoms with van der Waals surface area (Å²) in [7, 11) is 10.9. The van der Waals surface area contributed by atoms with Gasteiger partial charge in [-0.05, 0) is 115 Å². The van der Waals surface area contributed by atoms with Crippen LogP contribution in [0.2, 0.25) is 0 Å². The summed E-state index contributed by atoms with van der Waals surface area (Å²) in [5.74, 6) is -3.02. The first-order valence-corrected chi connectivity index (χ1v) is 19.0. The van der Waals surface area contributed by atoms with Crippen molar-refractivity contribution in [1.82, 2.24) is 15.1 Å². The average Bonchev–Trinajstić information content (AvgIpc) is 3.18. The van der Waals surface area contributed by atoms with E-state index < -0.39 is 11.8 Å². The molecule has 0 bridgehead atoms. The van der Waals surface area contributed by atoms with Gasteiger partial charge in [0.15, 0.2) is 23.1 Å². The number of alkyl halides is 2. The molecule has 0 aliphatic heterocycles. The highest BCUT2D eigenvalue weighted by Crippen LogP contribution is 2.32. The van der Waals surface area contributed by atoms with Crippen molar-refractivity contribution in [3.05, 3.63) is 117 Å². The molecule has 308 valence electrons. The van der Waals surface area contributed by atoms with Crippen molar-refractivity contribution in [3.63, 3.8) is 0 Å². The lowest BCUT2D eigenvalue weighted by molar-refractivity contribution is -0.117. The average molecular weight is 845 g/mol. The van der Waals surface area contributed by atoms with E-state index >= 15 is 0 Å². The van der Waals surface area contributed by atoms with Gasteiger partial charge >= 0.3 is 0 Å². The number of likely N-dealkylation sites (N-methyl/N-ethyl adjacent to an activating group) is 2. The summed E-state index contributed by atoms with van der Waals surface area (Å²) >= 11 is 10.9. The molecule has 4 aromatic carbocycles. The molecule has 5 N–H and O–H groups in total. The summed E-state index contributed by atoms with van der Waals surface area (Å²) in [6.45, 7) is 0.394. The molecular formula is C42H43Cl2N7O8. The molecule has 6 rings (SSSR count). The Kier molecular flexibility index (Phi) is 15.9. The van der Waals surface area contributed by atoms with Gasteiger partial charge in [-0.3, -0.25) is 38.4 Å². The van der Waals surface area contributed by atoms with Crippen molar-refractivity contribution in [3.8, 4) is 0 Å². The maximum atomic E-state index is 13.1. The van der Waals surface area contributed by atoms with Gasteiger partial charge in [0.05, 0.1) is 13.1 Å². The van der Waals surface area contributed by atoms with Crippen molar-refractivity contribution in [2.24, 2.45) is 0 Å². The highest BCUT2D eigenvalue weighted by Gasteiger charge is 2.32. The Hall–Kier alpha value is -6.10. The van der Waals surface area contributed by atoms with E-state index in [4.69, 9.17) is 23.2 Å². The Morgan fingerprint density at radius 3 is 0.864 bits per heavy atom.